The minimum Gasteiger partial charge on any atom is -0.372 e. The Hall–Kier alpha value is -1.64. The molecule has 29 heavy (non-hydrogen) atoms. The SMILES string of the molecule is C#Cc1ccc(N(CCCC)CCCC)cc1C#C[Si](C(C)C)(C(C)C)C(C)C. The lowest BCUT2D eigenvalue weighted by atomic mass is 10.1. The van der Waals surface area contributed by atoms with E-state index in [1.807, 2.05) is 0 Å². The smallest absolute Gasteiger partial charge is 0.146 e. The van der Waals surface area contributed by atoms with Gasteiger partial charge in [-0.25, -0.2) is 0 Å². The third kappa shape index (κ3) is 6.42. The van der Waals surface area contributed by atoms with Crippen molar-refractivity contribution in [2.45, 2.75) is 97.7 Å². The fourth-order valence-corrected chi connectivity index (χ4v) is 9.85. The van der Waals surface area contributed by atoms with Crippen molar-refractivity contribution < 1.29 is 0 Å². The van der Waals surface area contributed by atoms with Crippen LogP contribution in [-0.2, 0) is 0 Å². The van der Waals surface area contributed by atoms with Crippen molar-refractivity contribution in [3.05, 3.63) is 29.3 Å². The molecule has 0 saturated carbocycles. The van der Waals surface area contributed by atoms with Gasteiger partial charge in [0.05, 0.1) is 0 Å². The lowest BCUT2D eigenvalue weighted by Gasteiger charge is -2.38. The Morgan fingerprint density at radius 3 is 1.79 bits per heavy atom. The standard InChI is InChI=1S/C27H43NSi/c1-10-13-18-28(19-14-11-2)27-16-15-25(12-3)26(21-27)17-20-29(22(4)5,23(6)7)24(8)9/h3,15-16,21-24H,10-11,13-14,18-19H2,1-2,4-9H3. The van der Waals surface area contributed by atoms with Gasteiger partial charge >= 0.3 is 0 Å². The molecule has 0 N–H and O–H groups in total. The fourth-order valence-electron chi connectivity index (χ4n) is 4.63. The summed E-state index contributed by atoms with van der Waals surface area (Å²) in [5.41, 5.74) is 8.94. The predicted molar refractivity (Wildman–Crippen MR) is 134 cm³/mol. The molecule has 160 valence electrons. The number of hydrogen-bond donors (Lipinski definition) is 0. The van der Waals surface area contributed by atoms with E-state index in [0.717, 1.165) is 24.2 Å². The molecule has 2 heteroatoms. The summed E-state index contributed by atoms with van der Waals surface area (Å²) in [4.78, 5) is 2.51. The van der Waals surface area contributed by atoms with Crippen LogP contribution in [0.1, 0.15) is 92.2 Å². The van der Waals surface area contributed by atoms with E-state index in [-0.39, 0.29) is 0 Å². The highest BCUT2D eigenvalue weighted by Crippen LogP contribution is 2.40. The Bertz CT molecular complexity index is 697. The van der Waals surface area contributed by atoms with Gasteiger partial charge in [0.15, 0.2) is 0 Å². The van der Waals surface area contributed by atoms with Gasteiger partial charge in [-0.05, 0) is 47.7 Å². The largest absolute Gasteiger partial charge is 0.372 e. The Kier molecular flexibility index (Phi) is 10.6. The van der Waals surface area contributed by atoms with Crippen LogP contribution in [0.25, 0.3) is 0 Å². The molecule has 1 aromatic rings. The van der Waals surface area contributed by atoms with Crippen molar-refractivity contribution in [2.75, 3.05) is 18.0 Å². The highest BCUT2D eigenvalue weighted by atomic mass is 28.3. The first-order valence-corrected chi connectivity index (χ1v) is 13.9. The fraction of sp³-hybridized carbons (Fsp3) is 0.630. The van der Waals surface area contributed by atoms with Crippen molar-refractivity contribution in [2.24, 2.45) is 0 Å². The quantitative estimate of drug-likeness (QED) is 0.283. The topological polar surface area (TPSA) is 3.24 Å². The summed E-state index contributed by atoms with van der Waals surface area (Å²) in [5.74, 6) is 6.47. The van der Waals surface area contributed by atoms with E-state index < -0.39 is 8.07 Å². The Morgan fingerprint density at radius 2 is 1.38 bits per heavy atom. The van der Waals surface area contributed by atoms with Gasteiger partial charge in [-0.3, -0.25) is 0 Å². The normalized spacial score (nSPS) is 11.5. The summed E-state index contributed by atoms with van der Waals surface area (Å²) >= 11 is 0. The molecular weight excluding hydrogens is 366 g/mol. The first kappa shape index (κ1) is 25.4. The summed E-state index contributed by atoms with van der Waals surface area (Å²) in [6.45, 7) is 20.9. The van der Waals surface area contributed by atoms with Gasteiger partial charge < -0.3 is 4.90 Å². The van der Waals surface area contributed by atoms with Gasteiger partial charge in [0.25, 0.3) is 0 Å². The minimum atomic E-state index is -1.78. The number of unbranched alkanes of at least 4 members (excludes halogenated alkanes) is 2. The number of anilines is 1. The monoisotopic (exact) mass is 409 g/mol. The van der Waals surface area contributed by atoms with Crippen LogP contribution in [0.3, 0.4) is 0 Å². The first-order valence-electron chi connectivity index (χ1n) is 11.6. The number of hydrogen-bond acceptors (Lipinski definition) is 1. The Labute approximate surface area is 182 Å². The summed E-state index contributed by atoms with van der Waals surface area (Å²) in [5, 5.41) is 0. The van der Waals surface area contributed by atoms with Gasteiger partial charge in [0.2, 0.25) is 0 Å². The van der Waals surface area contributed by atoms with E-state index in [1.54, 1.807) is 0 Å². The van der Waals surface area contributed by atoms with Crippen LogP contribution in [0.4, 0.5) is 5.69 Å². The average molecular weight is 410 g/mol. The van der Waals surface area contributed by atoms with Crippen molar-refractivity contribution in [1.82, 2.24) is 0 Å². The van der Waals surface area contributed by atoms with Gasteiger partial charge in [-0.1, -0.05) is 80.1 Å². The lowest BCUT2D eigenvalue weighted by Crippen LogP contribution is -2.43. The lowest BCUT2D eigenvalue weighted by molar-refractivity contribution is 0.678. The molecule has 0 bridgehead atoms. The number of nitrogens with zero attached hydrogens (tertiary/aromatic N) is 1. The molecule has 1 rings (SSSR count). The summed E-state index contributed by atoms with van der Waals surface area (Å²) in [7, 11) is -1.78. The first-order chi connectivity index (χ1) is 13.7. The molecule has 0 saturated heterocycles. The van der Waals surface area contributed by atoms with Gasteiger partial charge in [0, 0.05) is 29.9 Å². The summed E-state index contributed by atoms with van der Waals surface area (Å²) in [6.07, 6.45) is 10.7. The summed E-state index contributed by atoms with van der Waals surface area (Å²) < 4.78 is 0. The zero-order chi connectivity index (χ0) is 22.0. The van der Waals surface area contributed by atoms with Gasteiger partial charge in [0.1, 0.15) is 8.07 Å². The molecule has 0 unspecified atom stereocenters. The number of rotatable bonds is 10. The molecule has 1 aromatic carbocycles. The van der Waals surface area contributed by atoms with Crippen LogP contribution < -0.4 is 4.90 Å². The van der Waals surface area contributed by atoms with Crippen LogP contribution in [0, 0.1) is 23.8 Å². The average Bonchev–Trinajstić information content (AvgIpc) is 2.67. The molecule has 0 amide bonds. The molecule has 0 heterocycles. The van der Waals surface area contributed by atoms with Gasteiger partial charge in [-0.2, -0.15) is 0 Å². The van der Waals surface area contributed by atoms with Crippen LogP contribution >= 0.6 is 0 Å². The van der Waals surface area contributed by atoms with E-state index in [4.69, 9.17) is 6.42 Å². The zero-order valence-corrected chi connectivity index (χ0v) is 21.2. The highest BCUT2D eigenvalue weighted by molar-refractivity contribution is 6.90. The van der Waals surface area contributed by atoms with Crippen LogP contribution in [0.2, 0.25) is 16.6 Å². The van der Waals surface area contributed by atoms with Crippen molar-refractivity contribution >= 4 is 13.8 Å². The Morgan fingerprint density at radius 1 is 0.862 bits per heavy atom. The predicted octanol–water partition coefficient (Wildman–Crippen LogP) is 7.64. The third-order valence-electron chi connectivity index (χ3n) is 6.37. The van der Waals surface area contributed by atoms with Crippen LogP contribution in [-0.4, -0.2) is 21.2 Å². The van der Waals surface area contributed by atoms with E-state index in [9.17, 15) is 0 Å². The molecule has 1 nitrogen and oxygen atoms in total. The number of terminal acetylenes is 1. The molecule has 0 aliphatic heterocycles. The third-order valence-corrected chi connectivity index (χ3v) is 12.7. The molecule has 0 fully saturated rings. The molecule has 0 aliphatic carbocycles. The molecule has 0 aliphatic rings. The maximum absolute atomic E-state index is 5.84. The van der Waals surface area contributed by atoms with E-state index in [2.05, 4.69) is 95.9 Å². The van der Waals surface area contributed by atoms with E-state index in [0.29, 0.717) is 16.6 Å². The minimum absolute atomic E-state index is 0.623. The van der Waals surface area contributed by atoms with E-state index >= 15 is 0 Å². The highest BCUT2D eigenvalue weighted by Gasteiger charge is 2.41. The summed E-state index contributed by atoms with van der Waals surface area (Å²) in [6, 6.07) is 6.52. The van der Waals surface area contributed by atoms with Crippen molar-refractivity contribution in [1.29, 1.82) is 0 Å². The van der Waals surface area contributed by atoms with Crippen LogP contribution in [0.15, 0.2) is 18.2 Å². The Balaban J connectivity index is 3.43. The maximum atomic E-state index is 5.84. The molecule has 0 spiro atoms. The number of benzene rings is 1. The van der Waals surface area contributed by atoms with Crippen molar-refractivity contribution in [3.8, 4) is 23.8 Å². The molecule has 0 radical (unpaired) electrons. The van der Waals surface area contributed by atoms with Gasteiger partial charge in [-0.15, -0.1) is 12.0 Å². The molecule has 0 atom stereocenters. The second-order valence-electron chi connectivity index (χ2n) is 9.22. The van der Waals surface area contributed by atoms with Crippen LogP contribution in [0.5, 0.6) is 0 Å². The maximum Gasteiger partial charge on any atom is 0.146 e. The molecular formula is C27H43NSi. The second kappa shape index (κ2) is 12.1. The second-order valence-corrected chi connectivity index (χ2v) is 14.8. The molecule has 0 aromatic heterocycles. The van der Waals surface area contributed by atoms with Crippen molar-refractivity contribution in [3.63, 3.8) is 0 Å². The van der Waals surface area contributed by atoms with E-state index in [1.165, 1.54) is 31.4 Å². The zero-order valence-electron chi connectivity index (χ0n) is 20.2.